The van der Waals surface area contributed by atoms with Crippen LogP contribution in [-0.4, -0.2) is 29.3 Å². The lowest BCUT2D eigenvalue weighted by molar-refractivity contribution is -0.257. The van der Waals surface area contributed by atoms with Crippen molar-refractivity contribution in [3.8, 4) is 11.5 Å². The predicted octanol–water partition coefficient (Wildman–Crippen LogP) is 3.49. The number of ether oxygens (including phenoxy) is 2. The number of aryl methyl sites for hydroxylation is 2. The van der Waals surface area contributed by atoms with Gasteiger partial charge in [0.05, 0.1) is 18.9 Å². The number of rotatable bonds is 3. The minimum absolute atomic E-state index is 0.157. The number of hydrogen-bond donors (Lipinski definition) is 0. The van der Waals surface area contributed by atoms with Gasteiger partial charge in [-0.15, -0.1) is 10.2 Å². The third-order valence-electron chi connectivity index (χ3n) is 5.39. The van der Waals surface area contributed by atoms with Crippen molar-refractivity contribution in [3.05, 3.63) is 65.0 Å². The Morgan fingerprint density at radius 3 is 2.48 bits per heavy atom. The van der Waals surface area contributed by atoms with Gasteiger partial charge in [-0.05, 0) is 43.5 Å². The molecular formula is C22H21N3O4. The summed E-state index contributed by atoms with van der Waals surface area (Å²) in [6.45, 7) is 5.06. The first kappa shape index (κ1) is 18.0. The fraction of sp³-hybridized carbons (Fsp3) is 0.318. The highest BCUT2D eigenvalue weighted by molar-refractivity contribution is 6.07. The van der Waals surface area contributed by atoms with E-state index in [0.717, 1.165) is 34.4 Å². The zero-order chi connectivity index (χ0) is 20.0. The number of nitrogens with zero attached hydrogens (tertiary/aromatic N) is 3. The average molecular weight is 391 g/mol. The number of aromatic nitrogens is 2. The van der Waals surface area contributed by atoms with Crippen LogP contribution >= 0.6 is 0 Å². The number of carbonyl (C=O) groups is 1. The monoisotopic (exact) mass is 391 g/mol. The van der Waals surface area contributed by atoms with E-state index in [9.17, 15) is 4.79 Å². The second-order valence-corrected chi connectivity index (χ2v) is 7.35. The Bertz CT molecular complexity index is 1070. The number of carbonyl (C=O) groups excluding carboxylic acids is 1. The van der Waals surface area contributed by atoms with Crippen LogP contribution in [0.1, 0.15) is 29.0 Å². The molecule has 2 aliphatic heterocycles. The number of hydrogen-bond acceptors (Lipinski definition) is 6. The van der Waals surface area contributed by atoms with Crippen molar-refractivity contribution >= 4 is 11.6 Å². The van der Waals surface area contributed by atoms with Gasteiger partial charge in [0.1, 0.15) is 6.54 Å². The molecule has 2 aromatic carbocycles. The highest BCUT2D eigenvalue weighted by atomic mass is 16.7. The lowest BCUT2D eigenvalue weighted by Gasteiger charge is -2.33. The molecule has 0 N–H and O–H groups in total. The van der Waals surface area contributed by atoms with Crippen molar-refractivity contribution in [3.63, 3.8) is 0 Å². The molecule has 148 valence electrons. The van der Waals surface area contributed by atoms with Crippen LogP contribution in [0.5, 0.6) is 0 Å². The minimum Gasteiger partial charge on any atom is -0.419 e. The molecule has 1 fully saturated rings. The minimum atomic E-state index is -1.38. The molecule has 0 aliphatic carbocycles. The summed E-state index contributed by atoms with van der Waals surface area (Å²) < 4.78 is 17.8. The van der Waals surface area contributed by atoms with Gasteiger partial charge in [0.15, 0.2) is 0 Å². The molecule has 0 saturated carbocycles. The Morgan fingerprint density at radius 1 is 1.00 bits per heavy atom. The van der Waals surface area contributed by atoms with Crippen molar-refractivity contribution in [1.29, 1.82) is 0 Å². The lowest BCUT2D eigenvalue weighted by atomic mass is 9.97. The largest absolute Gasteiger partial charge is 0.419 e. The summed E-state index contributed by atoms with van der Waals surface area (Å²) in [5.74, 6) is -0.847. The van der Waals surface area contributed by atoms with Crippen molar-refractivity contribution < 1.29 is 18.7 Å². The Labute approximate surface area is 168 Å². The fourth-order valence-corrected chi connectivity index (χ4v) is 4.05. The summed E-state index contributed by atoms with van der Waals surface area (Å²) in [6.07, 6.45) is 0.763. The normalized spacial score (nSPS) is 17.7. The molecule has 0 atom stereocenters. The van der Waals surface area contributed by atoms with Gasteiger partial charge < -0.3 is 13.9 Å². The van der Waals surface area contributed by atoms with Gasteiger partial charge in [-0.25, -0.2) is 0 Å². The number of fused-ring (bicyclic) bond motifs is 2. The zero-order valence-electron chi connectivity index (χ0n) is 16.3. The van der Waals surface area contributed by atoms with Gasteiger partial charge in [0.25, 0.3) is 11.7 Å². The molecule has 3 aromatic rings. The molecule has 1 amide bonds. The van der Waals surface area contributed by atoms with E-state index in [1.54, 1.807) is 4.90 Å². The Kier molecular flexibility index (Phi) is 4.22. The van der Waals surface area contributed by atoms with E-state index >= 15 is 0 Å². The number of benzene rings is 2. The maximum Gasteiger partial charge on any atom is 0.293 e. The zero-order valence-corrected chi connectivity index (χ0v) is 16.3. The second-order valence-electron chi connectivity index (χ2n) is 7.35. The van der Waals surface area contributed by atoms with Crippen molar-refractivity contribution in [1.82, 2.24) is 10.2 Å². The molecule has 1 aromatic heterocycles. The topological polar surface area (TPSA) is 77.7 Å². The maximum atomic E-state index is 13.5. The lowest BCUT2D eigenvalue weighted by Crippen LogP contribution is -2.47. The molecule has 5 rings (SSSR count). The molecular weight excluding hydrogens is 370 g/mol. The second kappa shape index (κ2) is 6.79. The van der Waals surface area contributed by atoms with E-state index in [1.165, 1.54) is 0 Å². The van der Waals surface area contributed by atoms with Crippen LogP contribution in [0.4, 0.5) is 5.69 Å². The summed E-state index contributed by atoms with van der Waals surface area (Å²) in [5.41, 5.74) is 4.35. The predicted molar refractivity (Wildman–Crippen MR) is 105 cm³/mol. The standard InChI is InChI=1S/C22H21N3O4/c1-14-9-10-15(2)19-18(14)22(27-11-6-12-28-22)21(26)25(19)13-17-23-24-20(29-17)16-7-4-3-5-8-16/h3-5,7-10H,6,11-13H2,1-2H3. The average Bonchev–Trinajstić information content (AvgIpc) is 3.31. The van der Waals surface area contributed by atoms with E-state index in [0.29, 0.717) is 25.0 Å². The summed E-state index contributed by atoms with van der Waals surface area (Å²) in [5, 5.41) is 8.29. The molecule has 1 saturated heterocycles. The first-order valence-corrected chi connectivity index (χ1v) is 9.68. The quantitative estimate of drug-likeness (QED) is 0.680. The summed E-state index contributed by atoms with van der Waals surface area (Å²) in [7, 11) is 0. The van der Waals surface area contributed by atoms with Crippen LogP contribution in [0.2, 0.25) is 0 Å². The van der Waals surface area contributed by atoms with Gasteiger partial charge in [0, 0.05) is 11.1 Å². The maximum absolute atomic E-state index is 13.5. The molecule has 3 heterocycles. The Hall–Kier alpha value is -3.03. The summed E-state index contributed by atoms with van der Waals surface area (Å²) >= 11 is 0. The van der Waals surface area contributed by atoms with E-state index in [-0.39, 0.29) is 12.5 Å². The highest BCUT2D eigenvalue weighted by Crippen LogP contribution is 2.48. The first-order chi connectivity index (χ1) is 14.1. The van der Waals surface area contributed by atoms with Crippen molar-refractivity contribution in [2.45, 2.75) is 32.6 Å². The summed E-state index contributed by atoms with van der Waals surface area (Å²) in [6, 6.07) is 13.5. The summed E-state index contributed by atoms with van der Waals surface area (Å²) in [4.78, 5) is 15.2. The third kappa shape index (κ3) is 2.77. The third-order valence-corrected chi connectivity index (χ3v) is 5.39. The van der Waals surface area contributed by atoms with Crippen LogP contribution in [0.25, 0.3) is 11.5 Å². The van der Waals surface area contributed by atoms with E-state index in [1.807, 2.05) is 56.3 Å². The van der Waals surface area contributed by atoms with Crippen LogP contribution in [0.3, 0.4) is 0 Å². The number of amides is 1. The van der Waals surface area contributed by atoms with Gasteiger partial charge in [-0.3, -0.25) is 9.69 Å². The van der Waals surface area contributed by atoms with Gasteiger partial charge >= 0.3 is 0 Å². The molecule has 2 aliphatic rings. The number of anilines is 1. The van der Waals surface area contributed by atoms with E-state index < -0.39 is 5.79 Å². The molecule has 7 nitrogen and oxygen atoms in total. The van der Waals surface area contributed by atoms with Crippen LogP contribution in [-0.2, 0) is 26.6 Å². The molecule has 0 bridgehead atoms. The smallest absolute Gasteiger partial charge is 0.293 e. The fourth-order valence-electron chi connectivity index (χ4n) is 4.05. The SMILES string of the molecule is Cc1ccc(C)c2c1N(Cc1nnc(-c3ccccc3)o1)C(=O)C21OCCCO1. The van der Waals surface area contributed by atoms with Gasteiger partial charge in [-0.1, -0.05) is 30.3 Å². The van der Waals surface area contributed by atoms with E-state index in [4.69, 9.17) is 13.9 Å². The molecule has 1 spiro atoms. The Balaban J connectivity index is 1.54. The van der Waals surface area contributed by atoms with Crippen molar-refractivity contribution in [2.24, 2.45) is 0 Å². The molecule has 0 unspecified atom stereocenters. The van der Waals surface area contributed by atoms with Crippen LogP contribution in [0.15, 0.2) is 46.9 Å². The first-order valence-electron chi connectivity index (χ1n) is 9.68. The van der Waals surface area contributed by atoms with Crippen LogP contribution in [0, 0.1) is 13.8 Å². The van der Waals surface area contributed by atoms with Crippen LogP contribution < -0.4 is 4.90 Å². The highest BCUT2D eigenvalue weighted by Gasteiger charge is 2.56. The molecule has 29 heavy (non-hydrogen) atoms. The Morgan fingerprint density at radius 2 is 1.72 bits per heavy atom. The van der Waals surface area contributed by atoms with Crippen molar-refractivity contribution in [2.75, 3.05) is 18.1 Å². The van der Waals surface area contributed by atoms with E-state index in [2.05, 4.69) is 10.2 Å². The van der Waals surface area contributed by atoms with Gasteiger partial charge in [0.2, 0.25) is 11.8 Å². The van der Waals surface area contributed by atoms with Gasteiger partial charge in [-0.2, -0.15) is 0 Å². The molecule has 0 radical (unpaired) electrons. The molecule has 7 heteroatoms.